The third-order valence-corrected chi connectivity index (χ3v) is 3.87. The zero-order valence-corrected chi connectivity index (χ0v) is 10.6. The summed E-state index contributed by atoms with van der Waals surface area (Å²) in [4.78, 5) is 0. The van der Waals surface area contributed by atoms with E-state index < -0.39 is 36.0 Å². The van der Waals surface area contributed by atoms with E-state index in [-0.39, 0.29) is 11.1 Å². The third kappa shape index (κ3) is 1.86. The molecule has 0 aromatic heterocycles. The van der Waals surface area contributed by atoms with Gasteiger partial charge in [0, 0.05) is 0 Å². The number of alkyl halides is 6. The molecule has 20 heavy (non-hydrogen) atoms. The third-order valence-electron chi connectivity index (χ3n) is 3.87. The number of halogens is 6. The Morgan fingerprint density at radius 3 is 1.20 bits per heavy atom. The van der Waals surface area contributed by atoms with Crippen molar-refractivity contribution in [1.29, 1.82) is 10.5 Å². The van der Waals surface area contributed by atoms with Crippen molar-refractivity contribution in [2.75, 3.05) is 0 Å². The molecule has 1 aliphatic carbocycles. The molecule has 8 heteroatoms. The van der Waals surface area contributed by atoms with E-state index in [9.17, 15) is 26.3 Å². The molecule has 0 fully saturated rings. The number of nitriles is 2. The molecule has 0 radical (unpaired) electrons. The molecule has 0 N–H and O–H groups in total. The largest absolute Gasteiger partial charge is 0.409 e. The number of hydrogen-bond donors (Lipinski definition) is 0. The lowest BCUT2D eigenvalue weighted by atomic mass is 9.55. The first-order valence-corrected chi connectivity index (χ1v) is 5.50. The van der Waals surface area contributed by atoms with Crippen LogP contribution in [0.15, 0.2) is 11.1 Å². The van der Waals surface area contributed by atoms with E-state index in [4.69, 9.17) is 10.5 Å². The summed E-state index contributed by atoms with van der Waals surface area (Å²) in [7, 11) is 0. The Balaban J connectivity index is 3.79. The van der Waals surface area contributed by atoms with Crippen molar-refractivity contribution in [2.45, 2.75) is 39.0 Å². The van der Waals surface area contributed by atoms with Crippen LogP contribution in [0.1, 0.15) is 26.7 Å². The monoisotopic (exact) mass is 296 g/mol. The fourth-order valence-electron chi connectivity index (χ4n) is 2.48. The Morgan fingerprint density at radius 1 is 0.800 bits per heavy atom. The second kappa shape index (κ2) is 4.41. The van der Waals surface area contributed by atoms with Crippen molar-refractivity contribution in [2.24, 2.45) is 10.8 Å². The fraction of sp³-hybridized carbons (Fsp3) is 0.667. The maximum absolute atomic E-state index is 13.2. The highest BCUT2D eigenvalue weighted by atomic mass is 19.4. The molecule has 0 bridgehead atoms. The van der Waals surface area contributed by atoms with E-state index in [1.54, 1.807) is 0 Å². The summed E-state index contributed by atoms with van der Waals surface area (Å²) in [6.07, 6.45) is -13.2. The molecule has 2 nitrogen and oxygen atoms in total. The molecule has 0 aromatic carbocycles. The molecule has 0 spiro atoms. The second-order valence-corrected chi connectivity index (χ2v) is 4.94. The first kappa shape index (κ1) is 16.4. The SMILES string of the molecule is CC1=C(C)C[C@@](C#N)(C(F)(F)F)[C@](C#N)(C(F)(F)F)C1. The van der Waals surface area contributed by atoms with E-state index in [2.05, 4.69) is 0 Å². The first-order chi connectivity index (χ1) is 8.88. The van der Waals surface area contributed by atoms with Crippen LogP contribution in [0, 0.1) is 33.5 Å². The van der Waals surface area contributed by atoms with Gasteiger partial charge in [-0.2, -0.15) is 36.9 Å². The average molecular weight is 296 g/mol. The molecule has 1 aliphatic rings. The smallest absolute Gasteiger partial charge is 0.197 e. The molecule has 0 amide bonds. The van der Waals surface area contributed by atoms with Gasteiger partial charge in [-0.05, 0) is 26.7 Å². The molecular weight excluding hydrogens is 286 g/mol. The number of hydrogen-bond acceptors (Lipinski definition) is 2. The van der Waals surface area contributed by atoms with Crippen LogP contribution in [0.3, 0.4) is 0 Å². The van der Waals surface area contributed by atoms with Crippen LogP contribution < -0.4 is 0 Å². The number of nitrogens with zero attached hydrogens (tertiary/aromatic N) is 2. The highest BCUT2D eigenvalue weighted by Gasteiger charge is 2.78. The lowest BCUT2D eigenvalue weighted by Gasteiger charge is -2.46. The van der Waals surface area contributed by atoms with Crippen LogP contribution in [-0.4, -0.2) is 12.4 Å². The summed E-state index contributed by atoms with van der Waals surface area (Å²) in [5.74, 6) is 0. The second-order valence-electron chi connectivity index (χ2n) is 4.94. The average Bonchev–Trinajstić information content (AvgIpc) is 2.28. The Bertz CT molecular complexity index is 482. The highest BCUT2D eigenvalue weighted by molar-refractivity contribution is 5.35. The van der Waals surface area contributed by atoms with Crippen LogP contribution in [0.4, 0.5) is 26.3 Å². The summed E-state index contributed by atoms with van der Waals surface area (Å²) >= 11 is 0. The highest BCUT2D eigenvalue weighted by Crippen LogP contribution is 2.65. The molecule has 0 heterocycles. The van der Waals surface area contributed by atoms with Gasteiger partial charge in [0.05, 0.1) is 12.1 Å². The van der Waals surface area contributed by atoms with Crippen molar-refractivity contribution in [3.63, 3.8) is 0 Å². The molecule has 1 rings (SSSR count). The first-order valence-electron chi connectivity index (χ1n) is 5.50. The topological polar surface area (TPSA) is 47.6 Å². The predicted molar refractivity (Wildman–Crippen MR) is 55.8 cm³/mol. The van der Waals surface area contributed by atoms with E-state index >= 15 is 0 Å². The van der Waals surface area contributed by atoms with E-state index in [1.165, 1.54) is 13.8 Å². The Labute approximate surface area is 111 Å². The Morgan fingerprint density at radius 2 is 1.05 bits per heavy atom. The van der Waals surface area contributed by atoms with Crippen molar-refractivity contribution < 1.29 is 26.3 Å². The fourth-order valence-corrected chi connectivity index (χ4v) is 2.48. The standard InChI is InChI=1S/C12H10F6N2/c1-7-3-9(5-19,11(13,14)15)10(6-20,4-8(7)2)12(16,17)18/h3-4H2,1-2H3/t9-,10-/m0/s1. The van der Waals surface area contributed by atoms with Crippen LogP contribution in [0.2, 0.25) is 0 Å². The van der Waals surface area contributed by atoms with Gasteiger partial charge in [-0.15, -0.1) is 0 Å². The van der Waals surface area contributed by atoms with Gasteiger partial charge in [-0.1, -0.05) is 11.1 Å². The Hall–Kier alpha value is -1.70. The number of allylic oxidation sites excluding steroid dienone is 2. The van der Waals surface area contributed by atoms with E-state index in [0.29, 0.717) is 0 Å². The van der Waals surface area contributed by atoms with Gasteiger partial charge in [0.2, 0.25) is 0 Å². The van der Waals surface area contributed by atoms with Gasteiger partial charge in [0.1, 0.15) is 0 Å². The molecule has 2 atom stereocenters. The summed E-state index contributed by atoms with van der Waals surface area (Å²) in [6.45, 7) is 2.48. The zero-order chi connectivity index (χ0) is 16.0. The van der Waals surface area contributed by atoms with Crippen LogP contribution >= 0.6 is 0 Å². The minimum Gasteiger partial charge on any atom is -0.197 e. The van der Waals surface area contributed by atoms with Crippen molar-refractivity contribution in [3.05, 3.63) is 11.1 Å². The van der Waals surface area contributed by atoms with Crippen molar-refractivity contribution in [1.82, 2.24) is 0 Å². The van der Waals surface area contributed by atoms with Crippen molar-refractivity contribution in [3.8, 4) is 12.1 Å². The van der Waals surface area contributed by atoms with Crippen molar-refractivity contribution >= 4 is 0 Å². The minimum atomic E-state index is -5.46. The summed E-state index contributed by atoms with van der Waals surface area (Å²) in [5.41, 5.74) is -7.45. The van der Waals surface area contributed by atoms with Crippen LogP contribution in [-0.2, 0) is 0 Å². The lowest BCUT2D eigenvalue weighted by molar-refractivity contribution is -0.307. The quantitative estimate of drug-likeness (QED) is 0.495. The zero-order valence-electron chi connectivity index (χ0n) is 10.6. The molecule has 0 saturated heterocycles. The molecule has 0 saturated carbocycles. The minimum absolute atomic E-state index is 0.0546. The van der Waals surface area contributed by atoms with E-state index in [1.807, 2.05) is 0 Å². The summed E-state index contributed by atoms with van der Waals surface area (Å²) in [5, 5.41) is 17.7. The molecule has 0 aliphatic heterocycles. The maximum atomic E-state index is 13.2. The number of rotatable bonds is 0. The Kier molecular flexibility index (Phi) is 3.60. The molecule has 110 valence electrons. The summed E-state index contributed by atoms with van der Waals surface area (Å²) in [6, 6.07) is 1.51. The lowest BCUT2D eigenvalue weighted by Crippen LogP contribution is -2.59. The molecule has 0 aromatic rings. The van der Waals surface area contributed by atoms with Gasteiger partial charge >= 0.3 is 12.4 Å². The van der Waals surface area contributed by atoms with Gasteiger partial charge in [-0.25, -0.2) is 0 Å². The molecule has 0 unspecified atom stereocenters. The van der Waals surface area contributed by atoms with Crippen LogP contribution in [0.25, 0.3) is 0 Å². The van der Waals surface area contributed by atoms with Gasteiger partial charge in [-0.3, -0.25) is 0 Å². The maximum Gasteiger partial charge on any atom is 0.409 e. The van der Waals surface area contributed by atoms with Gasteiger partial charge < -0.3 is 0 Å². The predicted octanol–water partition coefficient (Wildman–Crippen LogP) is 4.26. The van der Waals surface area contributed by atoms with Gasteiger partial charge in [0.15, 0.2) is 10.8 Å². The molecular formula is C12H10F6N2. The van der Waals surface area contributed by atoms with Gasteiger partial charge in [0.25, 0.3) is 0 Å². The summed E-state index contributed by atoms with van der Waals surface area (Å²) < 4.78 is 79.3. The van der Waals surface area contributed by atoms with Crippen LogP contribution in [0.5, 0.6) is 0 Å². The normalized spacial score (nSPS) is 31.7. The van der Waals surface area contributed by atoms with E-state index in [0.717, 1.165) is 12.1 Å².